The van der Waals surface area contributed by atoms with Crippen molar-refractivity contribution in [1.82, 2.24) is 0 Å². The van der Waals surface area contributed by atoms with Crippen LogP contribution in [0, 0.1) is 11.8 Å². The minimum Gasteiger partial charge on any atom is -0.465 e. The molecule has 0 aromatic rings. The van der Waals surface area contributed by atoms with Crippen LogP contribution in [0.4, 0.5) is 0 Å². The lowest BCUT2D eigenvalue weighted by atomic mass is 9.89. The molecule has 5 unspecified atom stereocenters. The summed E-state index contributed by atoms with van der Waals surface area (Å²) < 4.78 is 16.4. The zero-order valence-corrected chi connectivity index (χ0v) is 10.5. The van der Waals surface area contributed by atoms with Gasteiger partial charge in [-0.2, -0.15) is 0 Å². The predicted octanol–water partition coefficient (Wildman–Crippen LogP) is 1.66. The number of carbonyl (C=O) groups is 1. The van der Waals surface area contributed by atoms with Gasteiger partial charge in [0.25, 0.3) is 0 Å². The lowest BCUT2D eigenvalue weighted by Crippen LogP contribution is -2.27. The number of hydrogen-bond donors (Lipinski definition) is 0. The molecule has 0 bridgehead atoms. The van der Waals surface area contributed by atoms with Crippen LogP contribution in [-0.2, 0) is 19.0 Å². The average Bonchev–Trinajstić information content (AvgIpc) is 3.26. The highest BCUT2D eigenvalue weighted by atomic mass is 16.6. The molecule has 0 radical (unpaired) electrons. The summed E-state index contributed by atoms with van der Waals surface area (Å²) in [6, 6.07) is 0. The van der Waals surface area contributed by atoms with Crippen LogP contribution < -0.4 is 0 Å². The molecule has 4 nitrogen and oxygen atoms in total. The third kappa shape index (κ3) is 2.16. The molecule has 0 aromatic heterocycles. The van der Waals surface area contributed by atoms with E-state index < -0.39 is 0 Å². The standard InChI is InChI=1S/C14H20O4/c15-14(9-2-4-11-13(6-9)18-11)16-7-8-1-3-10-12(5-8)17-10/h8-13H,1-7H2/t8?,9?,10?,11?,12?,13-/m1/s1. The van der Waals surface area contributed by atoms with Gasteiger partial charge < -0.3 is 14.2 Å². The molecule has 0 spiro atoms. The van der Waals surface area contributed by atoms with Crippen LogP contribution in [0.25, 0.3) is 0 Å². The molecule has 18 heavy (non-hydrogen) atoms. The summed E-state index contributed by atoms with van der Waals surface area (Å²) in [7, 11) is 0. The Morgan fingerprint density at radius 2 is 1.67 bits per heavy atom. The molecule has 2 aliphatic carbocycles. The Balaban J connectivity index is 1.23. The van der Waals surface area contributed by atoms with Crippen LogP contribution in [0.1, 0.15) is 38.5 Å². The van der Waals surface area contributed by atoms with E-state index in [1.807, 2.05) is 0 Å². The third-order valence-corrected chi connectivity index (χ3v) is 4.91. The van der Waals surface area contributed by atoms with E-state index in [1.165, 1.54) is 0 Å². The maximum absolute atomic E-state index is 12.0. The molecule has 6 atom stereocenters. The van der Waals surface area contributed by atoms with Gasteiger partial charge in [-0.1, -0.05) is 0 Å². The Morgan fingerprint density at radius 3 is 2.39 bits per heavy atom. The largest absolute Gasteiger partial charge is 0.465 e. The summed E-state index contributed by atoms with van der Waals surface area (Å²) in [4.78, 5) is 12.0. The van der Waals surface area contributed by atoms with Crippen molar-refractivity contribution in [1.29, 1.82) is 0 Å². The number of ether oxygens (including phenoxy) is 3. The number of epoxide rings is 2. The zero-order valence-electron chi connectivity index (χ0n) is 10.5. The van der Waals surface area contributed by atoms with Crippen LogP contribution in [0.15, 0.2) is 0 Å². The summed E-state index contributed by atoms with van der Waals surface area (Å²) >= 11 is 0. The van der Waals surface area contributed by atoms with Crippen LogP contribution in [-0.4, -0.2) is 37.0 Å². The molecule has 0 N–H and O–H groups in total. The Morgan fingerprint density at radius 1 is 0.944 bits per heavy atom. The molecule has 4 heteroatoms. The maximum Gasteiger partial charge on any atom is 0.309 e. The minimum atomic E-state index is 0.00258. The van der Waals surface area contributed by atoms with Crippen LogP contribution in [0.2, 0.25) is 0 Å². The first-order valence-corrected chi connectivity index (χ1v) is 7.27. The molecular formula is C14H20O4. The van der Waals surface area contributed by atoms with E-state index in [-0.39, 0.29) is 11.9 Å². The number of rotatable bonds is 3. The maximum atomic E-state index is 12.0. The molecule has 2 heterocycles. The number of carbonyl (C=O) groups excluding carboxylic acids is 1. The summed E-state index contributed by atoms with van der Waals surface area (Å²) in [5, 5.41) is 0. The van der Waals surface area contributed by atoms with Gasteiger partial charge in [-0.25, -0.2) is 0 Å². The van der Waals surface area contributed by atoms with E-state index in [9.17, 15) is 4.79 Å². The fourth-order valence-electron chi connectivity index (χ4n) is 3.57. The molecule has 4 aliphatic rings. The molecule has 0 aromatic carbocycles. The van der Waals surface area contributed by atoms with E-state index in [0.29, 0.717) is 36.9 Å². The van der Waals surface area contributed by atoms with Crippen molar-refractivity contribution >= 4 is 5.97 Å². The zero-order chi connectivity index (χ0) is 12.1. The second-order valence-electron chi connectivity index (χ2n) is 6.25. The van der Waals surface area contributed by atoms with E-state index in [4.69, 9.17) is 14.2 Å². The van der Waals surface area contributed by atoms with Crippen molar-refractivity contribution in [3.05, 3.63) is 0 Å². The average molecular weight is 252 g/mol. The highest BCUT2D eigenvalue weighted by Crippen LogP contribution is 2.41. The first-order valence-electron chi connectivity index (χ1n) is 7.27. The third-order valence-electron chi connectivity index (χ3n) is 4.91. The van der Waals surface area contributed by atoms with Gasteiger partial charge in [-0.05, 0) is 44.4 Å². The Hall–Kier alpha value is -0.610. The molecule has 4 rings (SSSR count). The van der Waals surface area contributed by atoms with E-state index in [1.54, 1.807) is 0 Å². The van der Waals surface area contributed by atoms with Gasteiger partial charge >= 0.3 is 5.97 Å². The second kappa shape index (κ2) is 4.20. The molecule has 2 aliphatic heterocycles. The van der Waals surface area contributed by atoms with Crippen LogP contribution in [0.5, 0.6) is 0 Å². The molecular weight excluding hydrogens is 232 g/mol. The van der Waals surface area contributed by atoms with Gasteiger partial charge in [0.15, 0.2) is 0 Å². The van der Waals surface area contributed by atoms with Gasteiger partial charge in [0, 0.05) is 0 Å². The van der Waals surface area contributed by atoms with E-state index in [0.717, 1.165) is 38.5 Å². The Bertz CT molecular complexity index is 356. The van der Waals surface area contributed by atoms with E-state index in [2.05, 4.69) is 0 Å². The number of fused-ring (bicyclic) bond motifs is 2. The van der Waals surface area contributed by atoms with Crippen molar-refractivity contribution in [3.63, 3.8) is 0 Å². The topological polar surface area (TPSA) is 51.4 Å². The van der Waals surface area contributed by atoms with Crippen LogP contribution >= 0.6 is 0 Å². The van der Waals surface area contributed by atoms with Gasteiger partial charge in [0.05, 0.1) is 36.9 Å². The van der Waals surface area contributed by atoms with Crippen molar-refractivity contribution in [2.75, 3.05) is 6.61 Å². The fourth-order valence-corrected chi connectivity index (χ4v) is 3.57. The normalized spacial score (nSPS) is 48.9. The Labute approximate surface area is 107 Å². The highest BCUT2D eigenvalue weighted by molar-refractivity contribution is 5.72. The molecule has 0 amide bonds. The number of esters is 1. The van der Waals surface area contributed by atoms with Gasteiger partial charge in [0.2, 0.25) is 0 Å². The lowest BCUT2D eigenvalue weighted by Gasteiger charge is -2.21. The van der Waals surface area contributed by atoms with E-state index >= 15 is 0 Å². The van der Waals surface area contributed by atoms with Gasteiger partial charge in [0.1, 0.15) is 0 Å². The van der Waals surface area contributed by atoms with Crippen molar-refractivity contribution in [2.24, 2.45) is 11.8 Å². The SMILES string of the molecule is O=C(OCC1CCC2OC2C1)C1CCC2O[C@@H]2C1. The number of hydrogen-bond acceptors (Lipinski definition) is 4. The summed E-state index contributed by atoms with van der Waals surface area (Å²) in [5.41, 5.74) is 0. The second-order valence-corrected chi connectivity index (χ2v) is 6.25. The quantitative estimate of drug-likeness (QED) is 0.566. The first-order chi connectivity index (χ1) is 8.79. The minimum absolute atomic E-state index is 0.00258. The highest BCUT2D eigenvalue weighted by Gasteiger charge is 2.47. The molecule has 2 saturated carbocycles. The monoisotopic (exact) mass is 252 g/mol. The summed E-state index contributed by atoms with van der Waals surface area (Å²) in [5.74, 6) is 0.608. The van der Waals surface area contributed by atoms with Gasteiger partial charge in [-0.15, -0.1) is 0 Å². The Kier molecular flexibility index (Phi) is 2.62. The first kappa shape index (κ1) is 11.2. The molecule has 4 fully saturated rings. The molecule has 100 valence electrons. The fraction of sp³-hybridized carbons (Fsp3) is 0.929. The van der Waals surface area contributed by atoms with Crippen molar-refractivity contribution in [3.8, 4) is 0 Å². The van der Waals surface area contributed by atoms with Crippen molar-refractivity contribution < 1.29 is 19.0 Å². The summed E-state index contributed by atoms with van der Waals surface area (Å²) in [6.45, 7) is 0.594. The smallest absolute Gasteiger partial charge is 0.309 e. The van der Waals surface area contributed by atoms with Crippen molar-refractivity contribution in [2.45, 2.75) is 62.9 Å². The summed E-state index contributed by atoms with van der Waals surface area (Å²) in [6.07, 6.45) is 8.03. The predicted molar refractivity (Wildman–Crippen MR) is 63.0 cm³/mol. The molecule has 2 saturated heterocycles. The van der Waals surface area contributed by atoms with Gasteiger partial charge in [-0.3, -0.25) is 4.79 Å². The van der Waals surface area contributed by atoms with Crippen LogP contribution in [0.3, 0.4) is 0 Å². The lowest BCUT2D eigenvalue weighted by molar-refractivity contribution is -0.151.